The highest BCUT2D eigenvalue weighted by atomic mass is 32.2. The molecule has 0 bridgehead atoms. The summed E-state index contributed by atoms with van der Waals surface area (Å²) in [6, 6.07) is 23.6. The zero-order valence-electron chi connectivity index (χ0n) is 18.9. The predicted octanol–water partition coefficient (Wildman–Crippen LogP) is 5.12. The Hall–Kier alpha value is -3.58. The summed E-state index contributed by atoms with van der Waals surface area (Å²) in [5.74, 6) is 1.90. The maximum Gasteiger partial charge on any atom is 0.251 e. The standard InChI is InChI=1S/C26H26N4O2S/c1-18-11-13-22(14-12-18)30-24(16-27-25(31)20-9-6-10-23(15-20)32-3)28-29-26(30)33-17-21-8-5-4-7-19(21)2/h4-15H,16-17H2,1-3H3,(H,27,31). The number of ether oxygens (including phenoxy) is 1. The van der Waals surface area contributed by atoms with Gasteiger partial charge < -0.3 is 10.1 Å². The zero-order valence-corrected chi connectivity index (χ0v) is 19.7. The molecule has 7 heteroatoms. The molecule has 1 heterocycles. The Kier molecular flexibility index (Phi) is 7.10. The number of nitrogens with one attached hydrogen (secondary N) is 1. The number of hydrogen-bond donors (Lipinski definition) is 1. The SMILES string of the molecule is COc1cccc(C(=O)NCc2nnc(SCc3ccccc3C)n2-c2ccc(C)cc2)c1. The quantitative estimate of drug-likeness (QED) is 0.371. The van der Waals surface area contributed by atoms with Crippen molar-refractivity contribution in [3.05, 3.63) is 101 Å². The van der Waals surface area contributed by atoms with Crippen molar-refractivity contribution in [2.24, 2.45) is 0 Å². The van der Waals surface area contributed by atoms with Crippen LogP contribution in [-0.4, -0.2) is 27.8 Å². The lowest BCUT2D eigenvalue weighted by Crippen LogP contribution is -2.24. The smallest absolute Gasteiger partial charge is 0.251 e. The van der Waals surface area contributed by atoms with Crippen molar-refractivity contribution in [3.8, 4) is 11.4 Å². The van der Waals surface area contributed by atoms with Gasteiger partial charge in [-0.05, 0) is 55.3 Å². The molecule has 0 aliphatic heterocycles. The van der Waals surface area contributed by atoms with Crippen LogP contribution in [0.3, 0.4) is 0 Å². The number of aryl methyl sites for hydroxylation is 2. The molecule has 0 aliphatic carbocycles. The third kappa shape index (κ3) is 5.43. The van der Waals surface area contributed by atoms with Gasteiger partial charge in [-0.25, -0.2) is 0 Å². The van der Waals surface area contributed by atoms with Crippen LogP contribution in [0.2, 0.25) is 0 Å². The molecule has 0 unspecified atom stereocenters. The maximum atomic E-state index is 12.7. The number of rotatable bonds is 8. The predicted molar refractivity (Wildman–Crippen MR) is 131 cm³/mol. The molecule has 0 aliphatic rings. The molecule has 4 aromatic rings. The summed E-state index contributed by atoms with van der Waals surface area (Å²) in [6.07, 6.45) is 0. The minimum Gasteiger partial charge on any atom is -0.497 e. The maximum absolute atomic E-state index is 12.7. The molecule has 0 spiro atoms. The summed E-state index contributed by atoms with van der Waals surface area (Å²) in [6.45, 7) is 4.42. The Bertz CT molecular complexity index is 1250. The van der Waals surface area contributed by atoms with Gasteiger partial charge in [-0.1, -0.05) is 59.8 Å². The number of aromatic nitrogens is 3. The normalized spacial score (nSPS) is 10.8. The molecule has 6 nitrogen and oxygen atoms in total. The fourth-order valence-electron chi connectivity index (χ4n) is 3.40. The van der Waals surface area contributed by atoms with Gasteiger partial charge >= 0.3 is 0 Å². The van der Waals surface area contributed by atoms with E-state index in [0.717, 1.165) is 16.6 Å². The monoisotopic (exact) mass is 458 g/mol. The van der Waals surface area contributed by atoms with Crippen LogP contribution in [-0.2, 0) is 12.3 Å². The number of carbonyl (C=O) groups excluding carboxylic acids is 1. The Morgan fingerprint density at radius 2 is 1.79 bits per heavy atom. The zero-order chi connectivity index (χ0) is 23.2. The van der Waals surface area contributed by atoms with E-state index in [1.807, 2.05) is 34.9 Å². The molecule has 0 saturated carbocycles. The average Bonchev–Trinajstić information content (AvgIpc) is 3.25. The molecule has 0 atom stereocenters. The highest BCUT2D eigenvalue weighted by molar-refractivity contribution is 7.98. The summed E-state index contributed by atoms with van der Waals surface area (Å²) in [5, 5.41) is 12.6. The number of amides is 1. The molecule has 4 rings (SSSR count). The number of thioether (sulfide) groups is 1. The van der Waals surface area contributed by atoms with E-state index in [4.69, 9.17) is 4.74 Å². The Balaban J connectivity index is 1.57. The van der Waals surface area contributed by atoms with E-state index in [9.17, 15) is 4.79 Å². The molecule has 0 saturated heterocycles. The molecule has 1 aromatic heterocycles. The largest absolute Gasteiger partial charge is 0.497 e. The number of methoxy groups -OCH3 is 1. The van der Waals surface area contributed by atoms with E-state index in [0.29, 0.717) is 17.1 Å². The van der Waals surface area contributed by atoms with Gasteiger partial charge in [0.05, 0.1) is 13.7 Å². The minimum absolute atomic E-state index is 0.193. The van der Waals surface area contributed by atoms with Crippen molar-refractivity contribution in [1.29, 1.82) is 0 Å². The molecule has 3 aromatic carbocycles. The first-order chi connectivity index (χ1) is 16.0. The van der Waals surface area contributed by atoms with E-state index in [1.54, 1.807) is 37.1 Å². The van der Waals surface area contributed by atoms with E-state index < -0.39 is 0 Å². The first kappa shape index (κ1) is 22.6. The van der Waals surface area contributed by atoms with Crippen molar-refractivity contribution in [3.63, 3.8) is 0 Å². The van der Waals surface area contributed by atoms with E-state index >= 15 is 0 Å². The summed E-state index contributed by atoms with van der Waals surface area (Å²) in [7, 11) is 1.58. The van der Waals surface area contributed by atoms with Crippen LogP contribution in [0.1, 0.15) is 32.9 Å². The average molecular weight is 459 g/mol. The van der Waals surface area contributed by atoms with Crippen LogP contribution in [0, 0.1) is 13.8 Å². The Labute approximate surface area is 198 Å². The molecule has 1 amide bonds. The molecule has 168 valence electrons. The molecule has 0 radical (unpaired) electrons. The van der Waals surface area contributed by atoms with Crippen LogP contribution in [0.4, 0.5) is 0 Å². The van der Waals surface area contributed by atoms with Gasteiger partial charge in [0.15, 0.2) is 11.0 Å². The molecular weight excluding hydrogens is 432 g/mol. The van der Waals surface area contributed by atoms with Crippen LogP contribution in [0.25, 0.3) is 5.69 Å². The third-order valence-corrected chi connectivity index (χ3v) is 6.33. The molecular formula is C26H26N4O2S. The van der Waals surface area contributed by atoms with Gasteiger partial charge in [-0.3, -0.25) is 9.36 Å². The van der Waals surface area contributed by atoms with Gasteiger partial charge in [-0.15, -0.1) is 10.2 Å². The molecule has 0 fully saturated rings. The number of nitrogens with zero attached hydrogens (tertiary/aromatic N) is 3. The van der Waals surface area contributed by atoms with Gasteiger partial charge in [0.25, 0.3) is 5.91 Å². The van der Waals surface area contributed by atoms with Crippen molar-refractivity contribution < 1.29 is 9.53 Å². The lowest BCUT2D eigenvalue weighted by Gasteiger charge is -2.12. The third-order valence-electron chi connectivity index (χ3n) is 5.35. The highest BCUT2D eigenvalue weighted by Crippen LogP contribution is 2.26. The van der Waals surface area contributed by atoms with Crippen LogP contribution in [0.15, 0.2) is 78.0 Å². The fourth-order valence-corrected chi connectivity index (χ4v) is 4.45. The first-order valence-corrected chi connectivity index (χ1v) is 11.6. The van der Waals surface area contributed by atoms with Gasteiger partial charge in [0.1, 0.15) is 5.75 Å². The van der Waals surface area contributed by atoms with E-state index in [2.05, 4.69) is 53.6 Å². The number of hydrogen-bond acceptors (Lipinski definition) is 5. The van der Waals surface area contributed by atoms with Crippen molar-refractivity contribution in [2.75, 3.05) is 7.11 Å². The van der Waals surface area contributed by atoms with Crippen molar-refractivity contribution in [1.82, 2.24) is 20.1 Å². The number of benzene rings is 3. The number of carbonyl (C=O) groups is 1. The van der Waals surface area contributed by atoms with Crippen LogP contribution in [0.5, 0.6) is 5.75 Å². The van der Waals surface area contributed by atoms with Gasteiger partial charge in [0.2, 0.25) is 0 Å². The second kappa shape index (κ2) is 10.4. The van der Waals surface area contributed by atoms with Crippen molar-refractivity contribution in [2.45, 2.75) is 31.3 Å². The Morgan fingerprint density at radius 1 is 1.00 bits per heavy atom. The second-order valence-electron chi connectivity index (χ2n) is 7.70. The van der Waals surface area contributed by atoms with Gasteiger partial charge in [-0.2, -0.15) is 0 Å². The lowest BCUT2D eigenvalue weighted by atomic mass is 10.1. The van der Waals surface area contributed by atoms with Gasteiger partial charge in [0, 0.05) is 17.0 Å². The second-order valence-corrected chi connectivity index (χ2v) is 8.64. The summed E-state index contributed by atoms with van der Waals surface area (Å²) in [4.78, 5) is 12.7. The van der Waals surface area contributed by atoms with Crippen molar-refractivity contribution >= 4 is 17.7 Å². The molecule has 33 heavy (non-hydrogen) atoms. The topological polar surface area (TPSA) is 69.0 Å². The van der Waals surface area contributed by atoms with Crippen LogP contribution < -0.4 is 10.1 Å². The summed E-state index contributed by atoms with van der Waals surface area (Å²) >= 11 is 1.63. The Morgan fingerprint density at radius 3 is 2.55 bits per heavy atom. The van der Waals surface area contributed by atoms with E-state index in [-0.39, 0.29) is 12.5 Å². The van der Waals surface area contributed by atoms with E-state index in [1.165, 1.54) is 16.7 Å². The minimum atomic E-state index is -0.193. The molecule has 1 N–H and O–H groups in total. The lowest BCUT2D eigenvalue weighted by molar-refractivity contribution is 0.0949. The summed E-state index contributed by atoms with van der Waals surface area (Å²) < 4.78 is 7.23. The summed E-state index contributed by atoms with van der Waals surface area (Å²) in [5.41, 5.74) is 5.17. The first-order valence-electron chi connectivity index (χ1n) is 10.7. The highest BCUT2D eigenvalue weighted by Gasteiger charge is 2.16. The fraction of sp³-hybridized carbons (Fsp3) is 0.192. The van der Waals surface area contributed by atoms with Crippen LogP contribution >= 0.6 is 11.8 Å².